The van der Waals surface area contributed by atoms with Gasteiger partial charge in [-0.05, 0) is 19.3 Å². The van der Waals surface area contributed by atoms with E-state index in [0.29, 0.717) is 13.0 Å². The van der Waals surface area contributed by atoms with Gasteiger partial charge in [-0.2, -0.15) is 0 Å². The lowest BCUT2D eigenvalue weighted by molar-refractivity contribution is -0.150. The van der Waals surface area contributed by atoms with Crippen LogP contribution in [0.25, 0.3) is 0 Å². The van der Waals surface area contributed by atoms with Gasteiger partial charge in [-0.3, -0.25) is 9.59 Å². The Bertz CT molecular complexity index is 289. The molecule has 14 heavy (non-hydrogen) atoms. The van der Waals surface area contributed by atoms with Crippen LogP contribution in [0.15, 0.2) is 0 Å². The van der Waals surface area contributed by atoms with Crippen LogP contribution in [0, 0.1) is 5.41 Å². The smallest absolute Gasteiger partial charge is 0.311 e. The zero-order chi connectivity index (χ0) is 10.3. The van der Waals surface area contributed by atoms with Crippen molar-refractivity contribution in [1.29, 1.82) is 0 Å². The molecule has 0 aromatic rings. The van der Waals surface area contributed by atoms with Crippen LogP contribution in [0.2, 0.25) is 0 Å². The van der Waals surface area contributed by atoms with Gasteiger partial charge in [-0.25, -0.2) is 0 Å². The van der Waals surface area contributed by atoms with Crippen molar-refractivity contribution in [3.05, 3.63) is 0 Å². The number of aliphatic carboxylic acids is 1. The van der Waals surface area contributed by atoms with E-state index in [9.17, 15) is 14.7 Å². The van der Waals surface area contributed by atoms with Crippen molar-refractivity contribution >= 4 is 11.9 Å². The monoisotopic (exact) mass is 197 g/mol. The summed E-state index contributed by atoms with van der Waals surface area (Å²) in [6.45, 7) is 2.14. The SMILES string of the molecule is CC(=O)N1CC[C@]2(C(=O)O)CCC[C@H]12. The van der Waals surface area contributed by atoms with Crippen molar-refractivity contribution in [3.63, 3.8) is 0 Å². The topological polar surface area (TPSA) is 57.6 Å². The molecule has 1 amide bonds. The van der Waals surface area contributed by atoms with Gasteiger partial charge in [0.1, 0.15) is 0 Å². The minimum Gasteiger partial charge on any atom is -0.481 e. The maximum Gasteiger partial charge on any atom is 0.311 e. The molecule has 4 nitrogen and oxygen atoms in total. The summed E-state index contributed by atoms with van der Waals surface area (Å²) < 4.78 is 0. The number of carbonyl (C=O) groups is 2. The minimum atomic E-state index is -0.719. The molecule has 2 atom stereocenters. The molecule has 1 saturated carbocycles. The van der Waals surface area contributed by atoms with E-state index >= 15 is 0 Å². The third kappa shape index (κ3) is 1.06. The number of carboxylic acids is 1. The molecule has 2 fully saturated rings. The van der Waals surface area contributed by atoms with E-state index in [4.69, 9.17) is 0 Å². The lowest BCUT2D eigenvalue weighted by atomic mass is 9.82. The summed E-state index contributed by atoms with van der Waals surface area (Å²) >= 11 is 0. The average Bonchev–Trinajstić information content (AvgIpc) is 2.58. The summed E-state index contributed by atoms with van der Waals surface area (Å²) in [4.78, 5) is 24.3. The van der Waals surface area contributed by atoms with Crippen LogP contribution in [-0.2, 0) is 9.59 Å². The second kappa shape index (κ2) is 2.97. The standard InChI is InChI=1S/C10H15NO3/c1-7(12)11-6-5-10(9(13)14)4-2-3-8(10)11/h8H,2-6H2,1H3,(H,13,14)/t8-,10+/m0/s1. The van der Waals surface area contributed by atoms with E-state index in [1.54, 1.807) is 4.90 Å². The van der Waals surface area contributed by atoms with E-state index < -0.39 is 11.4 Å². The fourth-order valence-corrected chi connectivity index (χ4v) is 3.01. The molecule has 0 aromatic heterocycles. The van der Waals surface area contributed by atoms with Crippen LogP contribution in [0.4, 0.5) is 0 Å². The second-order valence-electron chi connectivity index (χ2n) is 4.33. The van der Waals surface area contributed by atoms with Gasteiger partial charge in [0.2, 0.25) is 5.91 Å². The molecular weight excluding hydrogens is 182 g/mol. The molecule has 2 rings (SSSR count). The molecule has 1 heterocycles. The van der Waals surface area contributed by atoms with Crippen LogP contribution in [0.5, 0.6) is 0 Å². The van der Waals surface area contributed by atoms with Gasteiger partial charge < -0.3 is 10.0 Å². The number of likely N-dealkylation sites (tertiary alicyclic amines) is 1. The maximum atomic E-state index is 11.3. The van der Waals surface area contributed by atoms with Gasteiger partial charge in [0.25, 0.3) is 0 Å². The number of nitrogens with zero attached hydrogens (tertiary/aromatic N) is 1. The number of hydrogen-bond acceptors (Lipinski definition) is 2. The van der Waals surface area contributed by atoms with Crippen LogP contribution in [-0.4, -0.2) is 34.5 Å². The van der Waals surface area contributed by atoms with Crippen LogP contribution in [0.3, 0.4) is 0 Å². The highest BCUT2D eigenvalue weighted by molar-refractivity contribution is 5.80. The lowest BCUT2D eigenvalue weighted by Gasteiger charge is -2.27. The highest BCUT2D eigenvalue weighted by Crippen LogP contribution is 2.48. The predicted molar refractivity (Wildman–Crippen MR) is 49.7 cm³/mol. The van der Waals surface area contributed by atoms with Crippen molar-refractivity contribution in [1.82, 2.24) is 4.90 Å². The summed E-state index contributed by atoms with van der Waals surface area (Å²) in [6.07, 6.45) is 3.15. The van der Waals surface area contributed by atoms with Crippen LogP contribution < -0.4 is 0 Å². The molecule has 1 saturated heterocycles. The Balaban J connectivity index is 2.28. The largest absolute Gasteiger partial charge is 0.481 e. The summed E-state index contributed by atoms with van der Waals surface area (Å²) in [7, 11) is 0. The van der Waals surface area contributed by atoms with Gasteiger partial charge in [0, 0.05) is 19.5 Å². The highest BCUT2D eigenvalue weighted by Gasteiger charge is 2.56. The molecule has 2 aliphatic rings. The van der Waals surface area contributed by atoms with Crippen molar-refractivity contribution in [2.75, 3.05) is 6.54 Å². The van der Waals surface area contributed by atoms with Gasteiger partial charge >= 0.3 is 5.97 Å². The van der Waals surface area contributed by atoms with Crippen molar-refractivity contribution in [3.8, 4) is 0 Å². The summed E-state index contributed by atoms with van der Waals surface area (Å²) in [5.41, 5.74) is -0.619. The first-order chi connectivity index (χ1) is 6.58. The van der Waals surface area contributed by atoms with Gasteiger partial charge in [0.05, 0.1) is 5.41 Å². The molecular formula is C10H15NO3. The first-order valence-corrected chi connectivity index (χ1v) is 5.08. The van der Waals surface area contributed by atoms with E-state index in [2.05, 4.69) is 0 Å². The number of carbonyl (C=O) groups excluding carboxylic acids is 1. The fraction of sp³-hybridized carbons (Fsp3) is 0.800. The summed E-state index contributed by atoms with van der Waals surface area (Å²) in [5, 5.41) is 9.24. The Morgan fingerprint density at radius 2 is 2.14 bits per heavy atom. The van der Waals surface area contributed by atoms with Crippen LogP contribution in [0.1, 0.15) is 32.6 Å². The quantitative estimate of drug-likeness (QED) is 0.678. The molecule has 0 spiro atoms. The van der Waals surface area contributed by atoms with Gasteiger partial charge in [-0.1, -0.05) is 6.42 Å². The molecule has 1 aliphatic heterocycles. The van der Waals surface area contributed by atoms with Crippen LogP contribution >= 0.6 is 0 Å². The maximum absolute atomic E-state index is 11.3. The Kier molecular flexibility index (Phi) is 2.01. The number of hydrogen-bond donors (Lipinski definition) is 1. The number of carboxylic acid groups (broad SMARTS) is 1. The molecule has 0 aromatic carbocycles. The van der Waals surface area contributed by atoms with E-state index in [1.807, 2.05) is 0 Å². The van der Waals surface area contributed by atoms with Gasteiger partial charge in [-0.15, -0.1) is 0 Å². The van der Waals surface area contributed by atoms with Gasteiger partial charge in [0.15, 0.2) is 0 Å². The molecule has 1 N–H and O–H groups in total. The molecule has 0 radical (unpaired) electrons. The molecule has 78 valence electrons. The minimum absolute atomic E-state index is 0.0139. The third-order valence-corrected chi connectivity index (χ3v) is 3.74. The first kappa shape index (κ1) is 9.49. The van der Waals surface area contributed by atoms with Crippen molar-refractivity contribution < 1.29 is 14.7 Å². The Morgan fingerprint density at radius 3 is 2.71 bits per heavy atom. The lowest BCUT2D eigenvalue weighted by Crippen LogP contribution is -2.42. The first-order valence-electron chi connectivity index (χ1n) is 5.08. The van der Waals surface area contributed by atoms with Crippen molar-refractivity contribution in [2.24, 2.45) is 5.41 Å². The zero-order valence-electron chi connectivity index (χ0n) is 8.32. The average molecular weight is 197 g/mol. The number of amides is 1. The number of rotatable bonds is 1. The Morgan fingerprint density at radius 1 is 1.43 bits per heavy atom. The normalized spacial score (nSPS) is 35.8. The van der Waals surface area contributed by atoms with E-state index in [-0.39, 0.29) is 11.9 Å². The zero-order valence-corrected chi connectivity index (χ0v) is 8.32. The molecule has 0 unspecified atom stereocenters. The molecule has 1 aliphatic carbocycles. The second-order valence-corrected chi connectivity index (χ2v) is 4.33. The summed E-state index contributed by atoms with van der Waals surface area (Å²) in [6, 6.07) is -0.0440. The van der Waals surface area contributed by atoms with E-state index in [1.165, 1.54) is 6.92 Å². The fourth-order valence-electron chi connectivity index (χ4n) is 3.01. The van der Waals surface area contributed by atoms with Crippen molar-refractivity contribution in [2.45, 2.75) is 38.6 Å². The Hall–Kier alpha value is -1.06. The molecule has 0 bridgehead atoms. The molecule has 4 heteroatoms. The summed E-state index contributed by atoms with van der Waals surface area (Å²) in [5.74, 6) is -0.705. The predicted octanol–water partition coefficient (Wildman–Crippen LogP) is 0.862. The Labute approximate surface area is 82.9 Å². The van der Waals surface area contributed by atoms with E-state index in [0.717, 1.165) is 19.3 Å². The number of fused-ring (bicyclic) bond motifs is 1. The highest BCUT2D eigenvalue weighted by atomic mass is 16.4. The third-order valence-electron chi connectivity index (χ3n) is 3.74.